The lowest BCUT2D eigenvalue weighted by atomic mass is 10.0. The maximum absolute atomic E-state index is 13.3. The average Bonchev–Trinajstić information content (AvgIpc) is 2.49. The van der Waals surface area contributed by atoms with Crippen molar-refractivity contribution in [3.8, 4) is 0 Å². The molecule has 1 aromatic carbocycles. The Morgan fingerprint density at radius 1 is 1.21 bits per heavy atom. The van der Waals surface area contributed by atoms with Crippen molar-refractivity contribution in [2.45, 2.75) is 51.6 Å². The van der Waals surface area contributed by atoms with Crippen LogP contribution in [0, 0.1) is 5.82 Å². The Labute approximate surface area is 140 Å². The van der Waals surface area contributed by atoms with Gasteiger partial charge in [-0.15, -0.1) is 0 Å². The minimum atomic E-state index is -1.12. The van der Waals surface area contributed by atoms with Crippen LogP contribution in [0.15, 0.2) is 24.3 Å². The Morgan fingerprint density at radius 3 is 2.46 bits per heavy atom. The lowest BCUT2D eigenvalue weighted by Crippen LogP contribution is -2.52. The highest BCUT2D eigenvalue weighted by Gasteiger charge is 2.25. The van der Waals surface area contributed by atoms with Crippen LogP contribution in [0.25, 0.3) is 0 Å². The number of carbonyl (C=O) groups excluding carboxylic acids is 2. The van der Waals surface area contributed by atoms with E-state index < -0.39 is 35.7 Å². The molecule has 2 amide bonds. The number of hydrogen-bond acceptors (Lipinski definition) is 3. The molecule has 0 aliphatic heterocycles. The fourth-order valence-electron chi connectivity index (χ4n) is 2.29. The predicted molar refractivity (Wildman–Crippen MR) is 86.8 cm³/mol. The first-order chi connectivity index (χ1) is 11.3. The molecule has 0 aliphatic rings. The number of aliphatic carboxylic acids is 1. The van der Waals surface area contributed by atoms with E-state index in [1.807, 2.05) is 6.92 Å². The van der Waals surface area contributed by atoms with Crippen LogP contribution in [0.5, 0.6) is 0 Å². The highest BCUT2D eigenvalue weighted by atomic mass is 19.1. The summed E-state index contributed by atoms with van der Waals surface area (Å²) in [5, 5.41) is 14.1. The van der Waals surface area contributed by atoms with Crippen LogP contribution in [-0.4, -0.2) is 35.0 Å². The van der Waals surface area contributed by atoms with Crippen molar-refractivity contribution in [3.63, 3.8) is 0 Å². The molecule has 2 atom stereocenters. The van der Waals surface area contributed by atoms with Gasteiger partial charge in [-0.3, -0.25) is 9.59 Å². The van der Waals surface area contributed by atoms with Gasteiger partial charge in [-0.1, -0.05) is 31.9 Å². The van der Waals surface area contributed by atoms with E-state index in [2.05, 4.69) is 10.6 Å². The summed E-state index contributed by atoms with van der Waals surface area (Å²) in [6.07, 6.45) is 1.84. The van der Waals surface area contributed by atoms with Gasteiger partial charge in [-0.05, 0) is 24.1 Å². The summed E-state index contributed by atoms with van der Waals surface area (Å²) >= 11 is 0. The maximum atomic E-state index is 13.3. The number of carboxylic acids is 1. The number of nitrogens with one attached hydrogen (secondary N) is 2. The molecule has 0 saturated carbocycles. The molecule has 1 rings (SSSR count). The van der Waals surface area contributed by atoms with Crippen LogP contribution >= 0.6 is 0 Å². The van der Waals surface area contributed by atoms with Gasteiger partial charge in [-0.25, -0.2) is 9.18 Å². The zero-order valence-corrected chi connectivity index (χ0v) is 13.8. The van der Waals surface area contributed by atoms with Crippen molar-refractivity contribution in [1.29, 1.82) is 0 Å². The van der Waals surface area contributed by atoms with Gasteiger partial charge in [-0.2, -0.15) is 0 Å². The van der Waals surface area contributed by atoms with Gasteiger partial charge in [0.2, 0.25) is 11.8 Å². The summed E-state index contributed by atoms with van der Waals surface area (Å²) in [6.45, 7) is 3.18. The van der Waals surface area contributed by atoms with Crippen molar-refractivity contribution in [2.75, 3.05) is 0 Å². The van der Waals surface area contributed by atoms with Crippen LogP contribution in [0.1, 0.15) is 38.7 Å². The molecule has 0 radical (unpaired) electrons. The molecule has 7 heteroatoms. The zero-order valence-electron chi connectivity index (χ0n) is 13.8. The second kappa shape index (κ2) is 9.64. The number of rotatable bonds is 9. The molecule has 132 valence electrons. The van der Waals surface area contributed by atoms with Crippen LogP contribution in [-0.2, 0) is 20.8 Å². The topological polar surface area (TPSA) is 95.5 Å². The molecule has 24 heavy (non-hydrogen) atoms. The first-order valence-electron chi connectivity index (χ1n) is 7.88. The Morgan fingerprint density at radius 2 is 1.92 bits per heavy atom. The molecular weight excluding hydrogens is 315 g/mol. The Balaban J connectivity index is 2.83. The SMILES string of the molecule is CCCC[C@H](NC(=O)[C@H](Cc1cccc(F)c1)NC(C)=O)C(=O)O. The molecule has 1 aromatic rings. The van der Waals surface area contributed by atoms with E-state index in [1.54, 1.807) is 6.07 Å². The van der Waals surface area contributed by atoms with E-state index >= 15 is 0 Å². The van der Waals surface area contributed by atoms with Crippen LogP contribution in [0.2, 0.25) is 0 Å². The van der Waals surface area contributed by atoms with Gasteiger partial charge < -0.3 is 15.7 Å². The van der Waals surface area contributed by atoms with Crippen molar-refractivity contribution in [2.24, 2.45) is 0 Å². The van der Waals surface area contributed by atoms with Gasteiger partial charge in [0.1, 0.15) is 17.9 Å². The quantitative estimate of drug-likeness (QED) is 0.638. The van der Waals surface area contributed by atoms with Gasteiger partial charge in [0.05, 0.1) is 0 Å². The number of carboxylic acid groups (broad SMARTS) is 1. The Hall–Kier alpha value is -2.44. The lowest BCUT2D eigenvalue weighted by molar-refractivity contribution is -0.142. The van der Waals surface area contributed by atoms with Crippen molar-refractivity contribution < 1.29 is 23.9 Å². The molecule has 0 bridgehead atoms. The molecule has 0 spiro atoms. The zero-order chi connectivity index (χ0) is 18.1. The third kappa shape index (κ3) is 6.76. The van der Waals surface area contributed by atoms with Gasteiger partial charge >= 0.3 is 5.97 Å². The van der Waals surface area contributed by atoms with Crippen LogP contribution in [0.4, 0.5) is 4.39 Å². The molecule has 0 saturated heterocycles. The lowest BCUT2D eigenvalue weighted by Gasteiger charge is -2.21. The standard InChI is InChI=1S/C17H23FN2O4/c1-3-4-8-14(17(23)24)20-16(22)15(19-11(2)21)10-12-6-5-7-13(18)9-12/h5-7,9,14-15H,3-4,8,10H2,1-2H3,(H,19,21)(H,20,22)(H,23,24)/t14-,15-/m0/s1. The van der Waals surface area contributed by atoms with E-state index in [1.165, 1.54) is 25.1 Å². The highest BCUT2D eigenvalue weighted by Crippen LogP contribution is 2.08. The number of halogens is 1. The fraction of sp³-hybridized carbons (Fsp3) is 0.471. The van der Waals surface area contributed by atoms with E-state index in [0.29, 0.717) is 18.4 Å². The van der Waals surface area contributed by atoms with E-state index in [-0.39, 0.29) is 6.42 Å². The van der Waals surface area contributed by atoms with Gasteiger partial charge in [0.15, 0.2) is 0 Å². The van der Waals surface area contributed by atoms with Crippen molar-refractivity contribution >= 4 is 17.8 Å². The summed E-state index contributed by atoms with van der Waals surface area (Å²) in [6, 6.07) is 3.72. The van der Waals surface area contributed by atoms with Gasteiger partial charge in [0, 0.05) is 13.3 Å². The third-order valence-electron chi connectivity index (χ3n) is 3.48. The van der Waals surface area contributed by atoms with Gasteiger partial charge in [0.25, 0.3) is 0 Å². The molecular formula is C17H23FN2O4. The number of unbranched alkanes of at least 4 members (excludes halogenated alkanes) is 1. The monoisotopic (exact) mass is 338 g/mol. The van der Waals surface area contributed by atoms with E-state index in [4.69, 9.17) is 0 Å². The number of carbonyl (C=O) groups is 3. The summed E-state index contributed by atoms with van der Waals surface area (Å²) in [4.78, 5) is 34.9. The van der Waals surface area contributed by atoms with Crippen LogP contribution in [0.3, 0.4) is 0 Å². The van der Waals surface area contributed by atoms with Crippen LogP contribution < -0.4 is 10.6 Å². The Kier molecular flexibility index (Phi) is 7.88. The minimum Gasteiger partial charge on any atom is -0.480 e. The molecule has 6 nitrogen and oxygen atoms in total. The van der Waals surface area contributed by atoms with E-state index in [9.17, 15) is 23.9 Å². The molecule has 0 fully saturated rings. The summed E-state index contributed by atoms with van der Waals surface area (Å²) in [5.74, 6) is -2.59. The van der Waals surface area contributed by atoms with E-state index in [0.717, 1.165) is 6.42 Å². The number of benzene rings is 1. The number of amides is 2. The highest BCUT2D eigenvalue weighted by molar-refractivity contribution is 5.90. The first-order valence-corrected chi connectivity index (χ1v) is 7.88. The summed E-state index contributed by atoms with van der Waals surface area (Å²) in [7, 11) is 0. The number of hydrogen-bond donors (Lipinski definition) is 3. The predicted octanol–water partition coefficient (Wildman–Crippen LogP) is 1.63. The molecule has 3 N–H and O–H groups in total. The summed E-state index contributed by atoms with van der Waals surface area (Å²) < 4.78 is 13.3. The Bertz CT molecular complexity index is 592. The minimum absolute atomic E-state index is 0.0727. The van der Waals surface area contributed by atoms with Crippen molar-refractivity contribution in [3.05, 3.63) is 35.6 Å². The first kappa shape index (κ1) is 19.6. The average molecular weight is 338 g/mol. The van der Waals surface area contributed by atoms with Crippen molar-refractivity contribution in [1.82, 2.24) is 10.6 Å². The smallest absolute Gasteiger partial charge is 0.326 e. The molecule has 0 unspecified atom stereocenters. The largest absolute Gasteiger partial charge is 0.480 e. The maximum Gasteiger partial charge on any atom is 0.326 e. The second-order valence-electron chi connectivity index (χ2n) is 5.63. The third-order valence-corrected chi connectivity index (χ3v) is 3.48. The fourth-order valence-corrected chi connectivity index (χ4v) is 2.29. The second-order valence-corrected chi connectivity index (χ2v) is 5.63. The normalized spacial score (nSPS) is 13.0. The molecule has 0 aromatic heterocycles. The summed E-state index contributed by atoms with van der Waals surface area (Å²) in [5.41, 5.74) is 0.532. The molecule has 0 aliphatic carbocycles. The molecule has 0 heterocycles.